The van der Waals surface area contributed by atoms with Gasteiger partial charge in [0.25, 0.3) is 0 Å². The van der Waals surface area contributed by atoms with Crippen LogP contribution in [-0.2, 0) is 0 Å². The van der Waals surface area contributed by atoms with Crippen LogP contribution in [0.5, 0.6) is 0 Å². The van der Waals surface area contributed by atoms with Gasteiger partial charge < -0.3 is 0 Å². The summed E-state index contributed by atoms with van der Waals surface area (Å²) in [6, 6.07) is 10.1. The summed E-state index contributed by atoms with van der Waals surface area (Å²) >= 11 is -1.85. The zero-order valence-electron chi connectivity index (χ0n) is 16.8. The summed E-state index contributed by atoms with van der Waals surface area (Å²) in [5, 5.41) is 14.9. The Morgan fingerprint density at radius 2 is 1.40 bits per heavy atom. The van der Waals surface area contributed by atoms with E-state index in [1.54, 1.807) is 0 Å². The SMILES string of the molecule is CCC[CH2][Ge](/[CH]=C\CCC(O)c1ccccc1)([CH2]CCC)[CH2]CCC. The third-order valence-electron chi connectivity index (χ3n) is 5.35. The molecule has 1 rings (SSSR count). The molecule has 0 fully saturated rings. The molecular formula is C23H40GeO. The molecule has 0 radical (unpaired) electrons. The molecule has 0 bridgehead atoms. The predicted molar refractivity (Wildman–Crippen MR) is 115 cm³/mol. The molecule has 1 N–H and O–H groups in total. The number of benzene rings is 1. The van der Waals surface area contributed by atoms with Crippen molar-refractivity contribution in [1.29, 1.82) is 0 Å². The molecule has 1 aromatic carbocycles. The second-order valence-electron chi connectivity index (χ2n) is 7.58. The molecule has 0 saturated heterocycles. The number of hydrogen-bond donors (Lipinski definition) is 1. The molecule has 0 heterocycles. The van der Waals surface area contributed by atoms with E-state index in [4.69, 9.17) is 0 Å². The van der Waals surface area contributed by atoms with Crippen molar-refractivity contribution < 1.29 is 5.11 Å². The van der Waals surface area contributed by atoms with Gasteiger partial charge in [0.15, 0.2) is 0 Å². The van der Waals surface area contributed by atoms with Crippen molar-refractivity contribution in [3.8, 4) is 0 Å². The molecule has 0 aromatic heterocycles. The fraction of sp³-hybridized carbons (Fsp3) is 0.652. The Balaban J connectivity index is 2.64. The van der Waals surface area contributed by atoms with Gasteiger partial charge in [-0.2, -0.15) is 0 Å². The Kier molecular flexibility index (Phi) is 12.3. The molecule has 25 heavy (non-hydrogen) atoms. The van der Waals surface area contributed by atoms with Crippen LogP contribution in [0.3, 0.4) is 0 Å². The number of hydrogen-bond acceptors (Lipinski definition) is 1. The van der Waals surface area contributed by atoms with E-state index in [0.717, 1.165) is 18.4 Å². The van der Waals surface area contributed by atoms with Gasteiger partial charge in [-0.15, -0.1) is 0 Å². The molecule has 0 aliphatic rings. The van der Waals surface area contributed by atoms with Crippen molar-refractivity contribution in [2.45, 2.75) is 94.0 Å². The monoisotopic (exact) mass is 406 g/mol. The van der Waals surface area contributed by atoms with Crippen molar-refractivity contribution in [1.82, 2.24) is 0 Å². The Hall–Kier alpha value is -0.537. The number of unbranched alkanes of at least 4 members (excludes halogenated alkanes) is 3. The fourth-order valence-electron chi connectivity index (χ4n) is 3.64. The fourth-order valence-corrected chi connectivity index (χ4v) is 14.3. The first-order chi connectivity index (χ1) is 12.2. The van der Waals surface area contributed by atoms with Crippen LogP contribution < -0.4 is 0 Å². The van der Waals surface area contributed by atoms with Crippen LogP contribution in [0.15, 0.2) is 41.3 Å². The van der Waals surface area contributed by atoms with Crippen molar-refractivity contribution in [3.63, 3.8) is 0 Å². The van der Waals surface area contributed by atoms with Gasteiger partial charge in [0.05, 0.1) is 0 Å². The second kappa shape index (κ2) is 13.6. The molecule has 1 unspecified atom stereocenters. The summed E-state index contributed by atoms with van der Waals surface area (Å²) in [5.41, 5.74) is 1.05. The van der Waals surface area contributed by atoms with Crippen LogP contribution in [0.2, 0.25) is 15.8 Å². The Labute approximate surface area is 159 Å². The van der Waals surface area contributed by atoms with Crippen LogP contribution in [0.25, 0.3) is 0 Å². The summed E-state index contributed by atoms with van der Waals surface area (Å²) in [6.45, 7) is 6.98. The van der Waals surface area contributed by atoms with Crippen molar-refractivity contribution in [2.24, 2.45) is 0 Å². The van der Waals surface area contributed by atoms with Gasteiger partial charge in [0, 0.05) is 0 Å². The molecule has 0 aliphatic heterocycles. The summed E-state index contributed by atoms with van der Waals surface area (Å²) in [6.07, 6.45) is 12.2. The standard InChI is InChI=1S/C23H40GeO/c1-4-7-18-24(19-8-5-2,20-9-6-3)21-14-13-17-23(25)22-15-11-10-12-16-22/h10-12,14-16,21,23,25H,4-9,13,17-20H2,1-3H3/b21-14-. The van der Waals surface area contributed by atoms with Gasteiger partial charge in [-0.1, -0.05) is 0 Å². The van der Waals surface area contributed by atoms with Crippen LogP contribution in [-0.4, -0.2) is 18.4 Å². The minimum atomic E-state index is -1.85. The maximum atomic E-state index is 10.4. The minimum absolute atomic E-state index is 0.324. The van der Waals surface area contributed by atoms with Crippen molar-refractivity contribution >= 4 is 13.3 Å². The van der Waals surface area contributed by atoms with Crippen LogP contribution in [0, 0.1) is 0 Å². The van der Waals surface area contributed by atoms with Gasteiger partial charge >= 0.3 is 159 Å². The zero-order valence-corrected chi connectivity index (χ0v) is 18.9. The summed E-state index contributed by atoms with van der Waals surface area (Å²) in [7, 11) is 0. The van der Waals surface area contributed by atoms with E-state index in [9.17, 15) is 5.11 Å². The van der Waals surface area contributed by atoms with Crippen LogP contribution in [0.4, 0.5) is 0 Å². The maximum absolute atomic E-state index is 10.4. The average molecular weight is 405 g/mol. The number of aliphatic hydroxyl groups is 1. The van der Waals surface area contributed by atoms with Gasteiger partial charge in [-0.05, 0) is 0 Å². The Bertz CT molecular complexity index is 433. The predicted octanol–water partition coefficient (Wildman–Crippen LogP) is 7.44. The molecule has 142 valence electrons. The van der Waals surface area contributed by atoms with E-state index >= 15 is 0 Å². The molecular weight excluding hydrogens is 365 g/mol. The van der Waals surface area contributed by atoms with Gasteiger partial charge in [0.2, 0.25) is 0 Å². The van der Waals surface area contributed by atoms with E-state index in [-0.39, 0.29) is 6.10 Å². The summed E-state index contributed by atoms with van der Waals surface area (Å²) in [5.74, 6) is 0. The second-order valence-corrected chi connectivity index (χ2v) is 17.1. The van der Waals surface area contributed by atoms with E-state index < -0.39 is 13.3 Å². The third-order valence-corrected chi connectivity index (χ3v) is 15.8. The zero-order chi connectivity index (χ0) is 18.4. The normalized spacial score (nSPS) is 13.4. The van der Waals surface area contributed by atoms with E-state index in [1.165, 1.54) is 54.3 Å². The first-order valence-corrected chi connectivity index (χ1v) is 16.2. The average Bonchev–Trinajstić information content (AvgIpc) is 2.66. The third kappa shape index (κ3) is 9.10. The summed E-state index contributed by atoms with van der Waals surface area (Å²) < 4.78 is 0. The van der Waals surface area contributed by atoms with Crippen LogP contribution in [0.1, 0.15) is 83.8 Å². The topological polar surface area (TPSA) is 20.2 Å². The number of allylic oxidation sites excluding steroid dienone is 1. The van der Waals surface area contributed by atoms with Crippen molar-refractivity contribution in [2.75, 3.05) is 0 Å². The van der Waals surface area contributed by atoms with Gasteiger partial charge in [-0.25, -0.2) is 0 Å². The van der Waals surface area contributed by atoms with Crippen molar-refractivity contribution in [3.05, 3.63) is 46.9 Å². The first kappa shape index (κ1) is 22.5. The Morgan fingerprint density at radius 3 is 1.88 bits per heavy atom. The van der Waals surface area contributed by atoms with Gasteiger partial charge in [0.1, 0.15) is 0 Å². The summed E-state index contributed by atoms with van der Waals surface area (Å²) in [4.78, 5) is 2.71. The molecule has 0 spiro atoms. The van der Waals surface area contributed by atoms with E-state index in [2.05, 4.69) is 31.8 Å². The van der Waals surface area contributed by atoms with Gasteiger partial charge in [-0.3, -0.25) is 0 Å². The van der Waals surface area contributed by atoms with E-state index in [1.807, 2.05) is 30.3 Å². The molecule has 0 saturated carbocycles. The number of rotatable bonds is 14. The molecule has 0 aliphatic carbocycles. The van der Waals surface area contributed by atoms with Crippen LogP contribution >= 0.6 is 0 Å². The number of aliphatic hydroxyl groups excluding tert-OH is 1. The molecule has 0 amide bonds. The Morgan fingerprint density at radius 1 is 0.880 bits per heavy atom. The molecule has 1 aromatic rings. The first-order valence-electron chi connectivity index (χ1n) is 10.6. The molecule has 1 atom stereocenters. The van der Waals surface area contributed by atoms with E-state index in [0.29, 0.717) is 0 Å². The molecule has 1 nitrogen and oxygen atoms in total. The quantitative estimate of drug-likeness (QED) is 0.319. The molecule has 2 heteroatoms.